The fraction of sp³-hybridized carbons (Fsp3) is 0.375. The van der Waals surface area contributed by atoms with Crippen molar-refractivity contribution in [2.45, 2.75) is 57.6 Å². The molecule has 0 fully saturated rings. The highest BCUT2D eigenvalue weighted by molar-refractivity contribution is 7.92. The standard InChI is InChI=1S/C32H39Cl2N3O7S/c1-8-44-24-12-10-23(11-13-24)37(45(40,41)25-14-16-28(42-6)29(18-25)43-7)20-30(38)36(21(2)31(39)35-32(3,4)5)19-22-9-15-26(33)27(34)17-22/h9-18,21H,8,19-20H2,1-7H3,(H,35,39)/t21-/m1/s1. The molecule has 1 atom stereocenters. The molecule has 10 nitrogen and oxygen atoms in total. The third-order valence-electron chi connectivity index (χ3n) is 6.66. The topological polar surface area (TPSA) is 114 Å². The van der Waals surface area contributed by atoms with Crippen LogP contribution >= 0.6 is 23.2 Å². The van der Waals surface area contributed by atoms with Crippen molar-refractivity contribution >= 4 is 50.7 Å². The molecule has 2 amide bonds. The number of halogens is 2. The maximum absolute atomic E-state index is 14.2. The van der Waals surface area contributed by atoms with Crippen LogP contribution in [0.4, 0.5) is 5.69 Å². The number of sulfonamides is 1. The smallest absolute Gasteiger partial charge is 0.264 e. The number of hydrogen-bond donors (Lipinski definition) is 1. The summed E-state index contributed by atoms with van der Waals surface area (Å²) in [5, 5.41) is 3.50. The fourth-order valence-corrected chi connectivity index (χ4v) is 6.15. The Bertz CT molecular complexity index is 1610. The van der Waals surface area contributed by atoms with Crippen LogP contribution in [0, 0.1) is 0 Å². The van der Waals surface area contributed by atoms with Crippen LogP contribution in [-0.2, 0) is 26.2 Å². The average Bonchev–Trinajstić information content (AvgIpc) is 2.99. The second kappa shape index (κ2) is 15.1. The molecule has 1 N–H and O–H groups in total. The zero-order valence-corrected chi connectivity index (χ0v) is 28.7. The van der Waals surface area contributed by atoms with E-state index in [9.17, 15) is 18.0 Å². The van der Waals surface area contributed by atoms with E-state index in [1.807, 2.05) is 27.7 Å². The van der Waals surface area contributed by atoms with Crippen molar-refractivity contribution in [1.29, 1.82) is 0 Å². The lowest BCUT2D eigenvalue weighted by molar-refractivity contribution is -0.140. The number of benzene rings is 3. The first-order valence-electron chi connectivity index (χ1n) is 14.1. The third-order valence-corrected chi connectivity index (χ3v) is 9.17. The van der Waals surface area contributed by atoms with E-state index in [2.05, 4.69) is 5.32 Å². The van der Waals surface area contributed by atoms with E-state index in [0.717, 1.165) is 4.31 Å². The molecule has 45 heavy (non-hydrogen) atoms. The molecule has 0 aliphatic rings. The Balaban J connectivity index is 2.10. The Morgan fingerprint density at radius 2 is 1.56 bits per heavy atom. The van der Waals surface area contributed by atoms with Gasteiger partial charge in [-0.2, -0.15) is 0 Å². The van der Waals surface area contributed by atoms with Gasteiger partial charge in [0.15, 0.2) is 11.5 Å². The second-order valence-electron chi connectivity index (χ2n) is 11.1. The van der Waals surface area contributed by atoms with Crippen molar-refractivity contribution < 1.29 is 32.2 Å². The van der Waals surface area contributed by atoms with Crippen molar-refractivity contribution in [2.75, 3.05) is 31.7 Å². The summed E-state index contributed by atoms with van der Waals surface area (Å²) in [6.45, 7) is 8.65. The van der Waals surface area contributed by atoms with Crippen LogP contribution in [0.5, 0.6) is 17.2 Å². The number of amides is 2. The number of hydrogen-bond acceptors (Lipinski definition) is 7. The summed E-state index contributed by atoms with van der Waals surface area (Å²) in [5.41, 5.74) is 0.237. The molecule has 0 saturated carbocycles. The molecule has 0 spiro atoms. The van der Waals surface area contributed by atoms with Gasteiger partial charge in [0.25, 0.3) is 10.0 Å². The normalized spacial score (nSPS) is 12.2. The monoisotopic (exact) mass is 679 g/mol. The molecule has 0 aliphatic carbocycles. The Morgan fingerprint density at radius 1 is 0.911 bits per heavy atom. The maximum Gasteiger partial charge on any atom is 0.264 e. The van der Waals surface area contributed by atoms with Gasteiger partial charge >= 0.3 is 0 Å². The molecule has 0 aliphatic heterocycles. The lowest BCUT2D eigenvalue weighted by Crippen LogP contribution is -2.54. The Labute approximate surface area is 275 Å². The lowest BCUT2D eigenvalue weighted by atomic mass is 10.1. The molecule has 0 unspecified atom stereocenters. The zero-order chi connectivity index (χ0) is 33.5. The first-order chi connectivity index (χ1) is 21.1. The van der Waals surface area contributed by atoms with Crippen LogP contribution in [0.25, 0.3) is 0 Å². The molecule has 0 heterocycles. The van der Waals surface area contributed by atoms with Crippen molar-refractivity contribution in [2.24, 2.45) is 0 Å². The van der Waals surface area contributed by atoms with E-state index in [4.69, 9.17) is 37.4 Å². The molecule has 3 aromatic rings. The highest BCUT2D eigenvalue weighted by Gasteiger charge is 2.34. The number of nitrogens with one attached hydrogen (secondary N) is 1. The van der Waals surface area contributed by atoms with Gasteiger partial charge in [-0.15, -0.1) is 0 Å². The largest absolute Gasteiger partial charge is 0.494 e. The van der Waals surface area contributed by atoms with Crippen LogP contribution < -0.4 is 23.8 Å². The predicted molar refractivity (Wildman–Crippen MR) is 176 cm³/mol. The summed E-state index contributed by atoms with van der Waals surface area (Å²) < 4.78 is 45.6. The van der Waals surface area contributed by atoms with E-state index in [1.165, 1.54) is 37.3 Å². The summed E-state index contributed by atoms with van der Waals surface area (Å²) in [7, 11) is -1.52. The van der Waals surface area contributed by atoms with Gasteiger partial charge in [0.1, 0.15) is 18.3 Å². The Hall–Kier alpha value is -3.67. The van der Waals surface area contributed by atoms with Crippen molar-refractivity contribution in [3.63, 3.8) is 0 Å². The molecule has 244 valence electrons. The summed E-state index contributed by atoms with van der Waals surface area (Å²) in [4.78, 5) is 28.7. The predicted octanol–water partition coefficient (Wildman–Crippen LogP) is 5.94. The number of ether oxygens (including phenoxy) is 3. The number of carbonyl (C=O) groups is 2. The van der Waals surface area contributed by atoms with E-state index >= 15 is 0 Å². The molecule has 0 saturated heterocycles. The highest BCUT2D eigenvalue weighted by atomic mass is 35.5. The first kappa shape index (κ1) is 35.8. The van der Waals surface area contributed by atoms with Crippen molar-refractivity contribution in [1.82, 2.24) is 10.2 Å². The van der Waals surface area contributed by atoms with E-state index < -0.39 is 40.0 Å². The van der Waals surface area contributed by atoms with Crippen LogP contribution in [0.1, 0.15) is 40.2 Å². The molecule has 0 aromatic heterocycles. The van der Waals surface area contributed by atoms with E-state index in [1.54, 1.807) is 49.4 Å². The quantitative estimate of drug-likeness (QED) is 0.238. The maximum atomic E-state index is 14.2. The molecule has 0 radical (unpaired) electrons. The zero-order valence-electron chi connectivity index (χ0n) is 26.4. The number of anilines is 1. The van der Waals surface area contributed by atoms with E-state index in [-0.39, 0.29) is 27.9 Å². The lowest BCUT2D eigenvalue weighted by Gasteiger charge is -2.33. The van der Waals surface area contributed by atoms with Gasteiger partial charge in [-0.3, -0.25) is 13.9 Å². The second-order valence-corrected chi connectivity index (χ2v) is 13.8. The molecule has 3 aromatic carbocycles. The van der Waals surface area contributed by atoms with Crippen LogP contribution in [0.3, 0.4) is 0 Å². The van der Waals surface area contributed by atoms with Gasteiger partial charge in [0.2, 0.25) is 11.8 Å². The molecular weight excluding hydrogens is 641 g/mol. The Morgan fingerprint density at radius 3 is 2.11 bits per heavy atom. The number of nitrogens with zero attached hydrogens (tertiary/aromatic N) is 2. The van der Waals surface area contributed by atoms with Gasteiger partial charge in [-0.25, -0.2) is 8.42 Å². The van der Waals surface area contributed by atoms with Crippen LogP contribution in [0.15, 0.2) is 65.6 Å². The minimum atomic E-state index is -4.36. The van der Waals surface area contributed by atoms with Crippen molar-refractivity contribution in [3.05, 3.63) is 76.3 Å². The number of carbonyl (C=O) groups excluding carboxylic acids is 2. The SMILES string of the molecule is CCOc1ccc(N(CC(=O)N(Cc2ccc(Cl)c(Cl)c2)[C@H](C)C(=O)NC(C)(C)C)S(=O)(=O)c2ccc(OC)c(OC)c2)cc1. The minimum Gasteiger partial charge on any atom is -0.494 e. The van der Waals surface area contributed by atoms with Gasteiger partial charge in [0.05, 0.1) is 41.5 Å². The van der Waals surface area contributed by atoms with Gasteiger partial charge in [0, 0.05) is 18.2 Å². The van der Waals surface area contributed by atoms with Crippen LogP contribution in [-0.4, -0.2) is 64.1 Å². The summed E-state index contributed by atoms with van der Waals surface area (Å²) in [6, 6.07) is 14.4. The molecule has 3 rings (SSSR count). The van der Waals surface area contributed by atoms with E-state index in [0.29, 0.717) is 28.7 Å². The fourth-order valence-electron chi connectivity index (χ4n) is 4.40. The Kier molecular flexibility index (Phi) is 12.0. The highest BCUT2D eigenvalue weighted by Crippen LogP contribution is 2.33. The summed E-state index contributed by atoms with van der Waals surface area (Å²) in [6.07, 6.45) is 0. The molecular formula is C32H39Cl2N3O7S. The number of methoxy groups -OCH3 is 2. The third kappa shape index (κ3) is 9.18. The summed E-state index contributed by atoms with van der Waals surface area (Å²) in [5.74, 6) is 0.0310. The first-order valence-corrected chi connectivity index (χ1v) is 16.3. The minimum absolute atomic E-state index is 0.0397. The molecule has 0 bridgehead atoms. The number of rotatable bonds is 13. The summed E-state index contributed by atoms with van der Waals surface area (Å²) >= 11 is 12.4. The van der Waals surface area contributed by atoms with Gasteiger partial charge in [-0.05, 0) is 88.7 Å². The van der Waals surface area contributed by atoms with Crippen molar-refractivity contribution in [3.8, 4) is 17.2 Å². The van der Waals surface area contributed by atoms with Gasteiger partial charge in [-0.1, -0.05) is 29.3 Å². The van der Waals surface area contributed by atoms with Gasteiger partial charge < -0.3 is 24.4 Å². The molecule has 13 heteroatoms. The average molecular weight is 681 g/mol. The van der Waals surface area contributed by atoms with Crippen LogP contribution in [0.2, 0.25) is 10.0 Å².